The van der Waals surface area contributed by atoms with Crippen LogP contribution < -0.4 is 0 Å². The van der Waals surface area contributed by atoms with Crippen LogP contribution in [0.15, 0.2) is 34.1 Å². The van der Waals surface area contributed by atoms with Crippen molar-refractivity contribution in [3.63, 3.8) is 0 Å². The van der Waals surface area contributed by atoms with Gasteiger partial charge in [0.05, 0.1) is 14.7 Å². The second kappa shape index (κ2) is 5.30. The van der Waals surface area contributed by atoms with E-state index in [0.29, 0.717) is 11.4 Å². The molecule has 1 amide bonds. The van der Waals surface area contributed by atoms with E-state index in [9.17, 15) is 9.18 Å². The highest BCUT2D eigenvalue weighted by Crippen LogP contribution is 2.32. The molecule has 0 saturated carbocycles. The third-order valence-electron chi connectivity index (χ3n) is 3.69. The average molecular weight is 354 g/mol. The number of carbonyl (C=O) groups excluding carboxylic acids is 1. The Morgan fingerprint density at radius 3 is 2.90 bits per heavy atom. The van der Waals surface area contributed by atoms with Crippen LogP contribution in [0.4, 0.5) is 4.39 Å². The number of carbonyl (C=O) groups is 1. The molecule has 0 N–H and O–H groups in total. The number of rotatable bonds is 1. The minimum Gasteiger partial charge on any atom is -0.331 e. The van der Waals surface area contributed by atoms with E-state index >= 15 is 0 Å². The number of fused-ring (bicyclic) bond motifs is 1. The second-order valence-corrected chi connectivity index (χ2v) is 7.33. The van der Waals surface area contributed by atoms with E-state index < -0.39 is 0 Å². The summed E-state index contributed by atoms with van der Waals surface area (Å²) in [6, 6.07) is 8.46. The quantitative estimate of drug-likeness (QED) is 0.743. The maximum absolute atomic E-state index is 13.4. The Kier molecular flexibility index (Phi) is 3.65. The van der Waals surface area contributed by atoms with Gasteiger partial charge >= 0.3 is 0 Å². The normalized spacial score (nSPS) is 17.9. The molecule has 2 aromatic rings. The summed E-state index contributed by atoms with van der Waals surface area (Å²) >= 11 is 4.80. The van der Waals surface area contributed by atoms with Crippen molar-refractivity contribution < 1.29 is 9.18 Å². The molecule has 2 nitrogen and oxygen atoms in total. The summed E-state index contributed by atoms with van der Waals surface area (Å²) in [5.41, 5.74) is 2.05. The van der Waals surface area contributed by atoms with Crippen molar-refractivity contribution in [1.29, 1.82) is 0 Å². The van der Waals surface area contributed by atoms with Crippen molar-refractivity contribution >= 4 is 33.2 Å². The molecule has 0 saturated heterocycles. The second-order valence-electron chi connectivity index (χ2n) is 4.87. The Bertz CT molecular complexity index is 670. The lowest BCUT2D eigenvalue weighted by Crippen LogP contribution is -2.38. The van der Waals surface area contributed by atoms with Gasteiger partial charge in [-0.1, -0.05) is 6.07 Å². The van der Waals surface area contributed by atoms with Crippen molar-refractivity contribution in [2.75, 3.05) is 6.54 Å². The smallest absolute Gasteiger partial charge is 0.264 e. The maximum Gasteiger partial charge on any atom is 0.264 e. The highest BCUT2D eigenvalue weighted by atomic mass is 79.9. The predicted molar refractivity (Wildman–Crippen MR) is 81.6 cm³/mol. The fourth-order valence-corrected chi connectivity index (χ4v) is 3.98. The SMILES string of the molecule is CC1c2cc(F)ccc2CCN1C(=O)c1ccc(Br)s1. The molecule has 5 heteroatoms. The van der Waals surface area contributed by atoms with Crippen molar-refractivity contribution in [2.24, 2.45) is 0 Å². The van der Waals surface area contributed by atoms with Gasteiger partial charge in [-0.3, -0.25) is 4.79 Å². The summed E-state index contributed by atoms with van der Waals surface area (Å²) in [5, 5.41) is 0. The van der Waals surface area contributed by atoms with E-state index in [-0.39, 0.29) is 17.8 Å². The van der Waals surface area contributed by atoms with Gasteiger partial charge in [0.2, 0.25) is 0 Å². The fraction of sp³-hybridized carbons (Fsp3) is 0.267. The molecule has 3 rings (SSSR count). The van der Waals surface area contributed by atoms with E-state index in [0.717, 1.165) is 21.3 Å². The molecule has 1 aromatic carbocycles. The number of benzene rings is 1. The number of halogens is 2. The van der Waals surface area contributed by atoms with E-state index in [2.05, 4.69) is 15.9 Å². The van der Waals surface area contributed by atoms with Gasteiger partial charge in [0.15, 0.2) is 0 Å². The molecule has 1 aliphatic rings. The number of nitrogens with zero attached hydrogens (tertiary/aromatic N) is 1. The summed E-state index contributed by atoms with van der Waals surface area (Å²) < 4.78 is 14.4. The zero-order valence-corrected chi connectivity index (χ0v) is 13.3. The predicted octanol–water partition coefficient (Wildman–Crippen LogP) is 4.41. The van der Waals surface area contributed by atoms with Gasteiger partial charge in [0, 0.05) is 6.54 Å². The van der Waals surface area contributed by atoms with Crippen LogP contribution in [0.1, 0.15) is 33.8 Å². The summed E-state index contributed by atoms with van der Waals surface area (Å²) in [5.74, 6) is -0.230. The van der Waals surface area contributed by atoms with Gasteiger partial charge in [-0.2, -0.15) is 0 Å². The van der Waals surface area contributed by atoms with E-state index in [1.54, 1.807) is 6.07 Å². The Labute approximate surface area is 129 Å². The van der Waals surface area contributed by atoms with Crippen LogP contribution >= 0.6 is 27.3 Å². The van der Waals surface area contributed by atoms with Crippen molar-refractivity contribution in [2.45, 2.75) is 19.4 Å². The minimum absolute atomic E-state index is 0.0168. The number of thiophene rings is 1. The molecule has 1 atom stereocenters. The third kappa shape index (κ3) is 2.40. The Morgan fingerprint density at radius 2 is 2.20 bits per heavy atom. The molecule has 1 aromatic heterocycles. The summed E-state index contributed by atoms with van der Waals surface area (Å²) in [4.78, 5) is 15.1. The first-order valence-electron chi connectivity index (χ1n) is 6.41. The van der Waals surface area contributed by atoms with Crippen LogP contribution in [0.2, 0.25) is 0 Å². The van der Waals surface area contributed by atoms with Crippen molar-refractivity contribution in [3.8, 4) is 0 Å². The minimum atomic E-state index is -0.247. The highest BCUT2D eigenvalue weighted by molar-refractivity contribution is 9.11. The summed E-state index contributed by atoms with van der Waals surface area (Å²) in [7, 11) is 0. The molecule has 1 aliphatic heterocycles. The highest BCUT2D eigenvalue weighted by Gasteiger charge is 2.29. The van der Waals surface area contributed by atoms with E-state index in [1.807, 2.05) is 30.0 Å². The van der Waals surface area contributed by atoms with E-state index in [4.69, 9.17) is 0 Å². The van der Waals surface area contributed by atoms with Gasteiger partial charge in [0.25, 0.3) is 5.91 Å². The van der Waals surface area contributed by atoms with Gasteiger partial charge in [-0.05, 0) is 64.7 Å². The lowest BCUT2D eigenvalue weighted by Gasteiger charge is -2.35. The Balaban J connectivity index is 1.91. The first-order chi connectivity index (χ1) is 9.56. The lowest BCUT2D eigenvalue weighted by molar-refractivity contribution is 0.0682. The molecule has 0 radical (unpaired) electrons. The molecule has 2 heterocycles. The Hall–Kier alpha value is -1.20. The molecule has 104 valence electrons. The third-order valence-corrected chi connectivity index (χ3v) is 5.30. The molecule has 0 bridgehead atoms. The number of amides is 1. The lowest BCUT2D eigenvalue weighted by atomic mass is 9.93. The number of hydrogen-bond acceptors (Lipinski definition) is 2. The molecule has 0 fully saturated rings. The Morgan fingerprint density at radius 1 is 1.40 bits per heavy atom. The molecule has 0 spiro atoms. The largest absolute Gasteiger partial charge is 0.331 e. The fourth-order valence-electron chi connectivity index (χ4n) is 2.63. The van der Waals surface area contributed by atoms with Crippen LogP contribution in [-0.2, 0) is 6.42 Å². The summed E-state index contributed by atoms with van der Waals surface area (Å²) in [6.45, 7) is 2.63. The van der Waals surface area contributed by atoms with Gasteiger partial charge < -0.3 is 4.90 Å². The monoisotopic (exact) mass is 353 g/mol. The average Bonchev–Trinajstić information content (AvgIpc) is 2.86. The zero-order valence-electron chi connectivity index (χ0n) is 10.9. The van der Waals surface area contributed by atoms with E-state index in [1.165, 1.54) is 17.4 Å². The topological polar surface area (TPSA) is 20.3 Å². The molecule has 0 aliphatic carbocycles. The maximum atomic E-state index is 13.4. The standard InChI is InChI=1S/C15H13BrFNOS/c1-9-12-8-11(17)3-2-10(12)6-7-18(9)15(19)13-4-5-14(16)20-13/h2-5,8-9H,6-7H2,1H3. The first-order valence-corrected chi connectivity index (χ1v) is 8.02. The number of hydrogen-bond donors (Lipinski definition) is 0. The van der Waals surface area contributed by atoms with Crippen LogP contribution in [0.5, 0.6) is 0 Å². The van der Waals surface area contributed by atoms with Crippen molar-refractivity contribution in [1.82, 2.24) is 4.90 Å². The van der Waals surface area contributed by atoms with Crippen LogP contribution in [-0.4, -0.2) is 17.4 Å². The van der Waals surface area contributed by atoms with Crippen LogP contribution in [0.25, 0.3) is 0 Å². The molecular weight excluding hydrogens is 341 g/mol. The van der Waals surface area contributed by atoms with Gasteiger partial charge in [-0.15, -0.1) is 11.3 Å². The zero-order chi connectivity index (χ0) is 14.3. The first kappa shape index (κ1) is 13.8. The van der Waals surface area contributed by atoms with Crippen LogP contribution in [0.3, 0.4) is 0 Å². The molecule has 1 unspecified atom stereocenters. The van der Waals surface area contributed by atoms with Gasteiger partial charge in [0.1, 0.15) is 5.82 Å². The van der Waals surface area contributed by atoms with Crippen molar-refractivity contribution in [3.05, 3.63) is 55.9 Å². The molecule has 20 heavy (non-hydrogen) atoms. The van der Waals surface area contributed by atoms with Crippen LogP contribution in [0, 0.1) is 5.82 Å². The van der Waals surface area contributed by atoms with Gasteiger partial charge in [-0.25, -0.2) is 4.39 Å². The summed E-state index contributed by atoms with van der Waals surface area (Å²) in [6.07, 6.45) is 0.776. The molecular formula is C15H13BrFNOS.